The highest BCUT2D eigenvalue weighted by atomic mass is 35.5. The molecule has 1 aromatic carbocycles. The fourth-order valence-corrected chi connectivity index (χ4v) is 2.75. The lowest BCUT2D eigenvalue weighted by atomic mass is 10.3. The van der Waals surface area contributed by atoms with Gasteiger partial charge < -0.3 is 10.1 Å². The number of hydrogen-bond donors (Lipinski definition) is 1. The van der Waals surface area contributed by atoms with Crippen LogP contribution in [0.25, 0.3) is 0 Å². The Hall–Kier alpha value is -1.76. The largest absolute Gasteiger partial charge is 0.452 e. The van der Waals surface area contributed by atoms with Crippen LogP contribution in [0.15, 0.2) is 41.3 Å². The van der Waals surface area contributed by atoms with E-state index in [1.165, 1.54) is 23.9 Å². The first-order valence-electron chi connectivity index (χ1n) is 6.42. The molecule has 0 atom stereocenters. The molecule has 0 fully saturated rings. The minimum absolute atomic E-state index is 0.0720. The molecule has 0 aliphatic heterocycles. The second-order valence-corrected chi connectivity index (χ2v) is 5.95. The molecule has 2 rings (SSSR count). The number of benzene rings is 1. The summed E-state index contributed by atoms with van der Waals surface area (Å²) < 4.78 is 4.94. The monoisotopic (exact) mass is 370 g/mol. The summed E-state index contributed by atoms with van der Waals surface area (Å²) in [5.74, 6) is -1.14. The number of para-hydroxylation sites is 1. The van der Waals surface area contributed by atoms with Gasteiger partial charge in [-0.05, 0) is 30.5 Å². The summed E-state index contributed by atoms with van der Waals surface area (Å²) >= 11 is 12.9. The molecular weight excluding hydrogens is 359 g/mol. The molecule has 1 aromatic heterocycles. The summed E-state index contributed by atoms with van der Waals surface area (Å²) in [4.78, 5) is 28.4. The number of carbonyl (C=O) groups excluding carboxylic acids is 2. The fourth-order valence-electron chi connectivity index (χ4n) is 1.73. The fraction of sp³-hybridized carbons (Fsp3) is 0.133. The highest BCUT2D eigenvalue weighted by Crippen LogP contribution is 2.24. The number of anilines is 1. The molecule has 120 valence electrons. The number of nitrogens with zero attached hydrogens (tertiary/aromatic N) is 1. The van der Waals surface area contributed by atoms with Crippen molar-refractivity contribution in [2.45, 2.75) is 4.90 Å². The number of hydrogen-bond acceptors (Lipinski definition) is 5. The normalized spacial score (nSPS) is 10.2. The van der Waals surface area contributed by atoms with E-state index in [1.54, 1.807) is 6.07 Å². The van der Waals surface area contributed by atoms with Crippen LogP contribution in [-0.2, 0) is 9.53 Å². The minimum atomic E-state index is -0.704. The Balaban J connectivity index is 1.95. The SMILES string of the molecule is CSc1ccccc1NC(=O)COC(=O)c1cc(Cl)nc(Cl)c1. The number of thioether (sulfide) groups is 1. The Morgan fingerprint density at radius 3 is 2.52 bits per heavy atom. The van der Waals surface area contributed by atoms with Crippen molar-refractivity contribution < 1.29 is 14.3 Å². The zero-order valence-electron chi connectivity index (χ0n) is 12.0. The van der Waals surface area contributed by atoms with Crippen LogP contribution in [0.5, 0.6) is 0 Å². The lowest BCUT2D eigenvalue weighted by Gasteiger charge is -2.09. The first kappa shape index (κ1) is 17.6. The molecule has 0 spiro atoms. The van der Waals surface area contributed by atoms with E-state index in [9.17, 15) is 9.59 Å². The first-order chi connectivity index (χ1) is 11.0. The molecule has 0 radical (unpaired) electrons. The van der Waals surface area contributed by atoms with Crippen LogP contribution in [0.4, 0.5) is 5.69 Å². The van der Waals surface area contributed by atoms with Gasteiger partial charge in [-0.15, -0.1) is 11.8 Å². The average molecular weight is 371 g/mol. The molecule has 0 saturated carbocycles. The topological polar surface area (TPSA) is 68.3 Å². The van der Waals surface area contributed by atoms with Crippen molar-refractivity contribution in [1.29, 1.82) is 0 Å². The lowest BCUT2D eigenvalue weighted by molar-refractivity contribution is -0.119. The number of nitrogens with one attached hydrogen (secondary N) is 1. The number of esters is 1. The first-order valence-corrected chi connectivity index (χ1v) is 8.40. The maximum atomic E-state index is 11.9. The van der Waals surface area contributed by atoms with Gasteiger partial charge >= 0.3 is 5.97 Å². The Morgan fingerprint density at radius 1 is 1.22 bits per heavy atom. The molecule has 5 nitrogen and oxygen atoms in total. The van der Waals surface area contributed by atoms with Crippen molar-refractivity contribution in [3.05, 3.63) is 52.3 Å². The summed E-state index contributed by atoms with van der Waals surface area (Å²) in [5.41, 5.74) is 0.795. The van der Waals surface area contributed by atoms with E-state index in [1.807, 2.05) is 24.5 Å². The van der Waals surface area contributed by atoms with E-state index in [4.69, 9.17) is 27.9 Å². The van der Waals surface area contributed by atoms with Crippen molar-refractivity contribution in [3.63, 3.8) is 0 Å². The number of ether oxygens (including phenoxy) is 1. The number of aromatic nitrogens is 1. The molecule has 2 aromatic rings. The third-order valence-electron chi connectivity index (χ3n) is 2.71. The van der Waals surface area contributed by atoms with Crippen molar-refractivity contribution in [2.75, 3.05) is 18.2 Å². The predicted molar refractivity (Wildman–Crippen MR) is 91.4 cm³/mol. The predicted octanol–water partition coefficient (Wildman–Crippen LogP) is 3.91. The third kappa shape index (κ3) is 5.13. The van der Waals surface area contributed by atoms with Crippen LogP contribution < -0.4 is 5.32 Å². The Morgan fingerprint density at radius 2 is 1.87 bits per heavy atom. The van der Waals surface area contributed by atoms with Gasteiger partial charge in [-0.25, -0.2) is 9.78 Å². The molecule has 0 saturated heterocycles. The van der Waals surface area contributed by atoms with Gasteiger partial charge in [-0.3, -0.25) is 4.79 Å². The van der Waals surface area contributed by atoms with Crippen molar-refractivity contribution >= 4 is 52.5 Å². The van der Waals surface area contributed by atoms with Gasteiger partial charge in [0.2, 0.25) is 0 Å². The smallest absolute Gasteiger partial charge is 0.338 e. The van der Waals surface area contributed by atoms with E-state index < -0.39 is 18.5 Å². The molecule has 1 heterocycles. The quantitative estimate of drug-likeness (QED) is 0.490. The van der Waals surface area contributed by atoms with Crippen molar-refractivity contribution in [1.82, 2.24) is 4.98 Å². The van der Waals surface area contributed by atoms with Crippen LogP contribution in [0, 0.1) is 0 Å². The number of pyridine rings is 1. The Kier molecular flexibility index (Phi) is 6.27. The summed E-state index contributed by atoms with van der Waals surface area (Å²) in [6.07, 6.45) is 1.90. The second kappa shape index (κ2) is 8.19. The molecule has 0 unspecified atom stereocenters. The average Bonchev–Trinajstić information content (AvgIpc) is 2.52. The standard InChI is InChI=1S/C15H12Cl2N2O3S/c1-23-11-5-3-2-4-10(11)18-14(20)8-22-15(21)9-6-12(16)19-13(17)7-9/h2-7H,8H2,1H3,(H,18,20). The molecule has 0 bridgehead atoms. The summed E-state index contributed by atoms with van der Waals surface area (Å²) in [6, 6.07) is 9.97. The lowest BCUT2D eigenvalue weighted by Crippen LogP contribution is -2.21. The zero-order chi connectivity index (χ0) is 16.8. The van der Waals surface area contributed by atoms with Crippen LogP contribution in [-0.4, -0.2) is 29.7 Å². The Labute approximate surface area is 147 Å². The zero-order valence-corrected chi connectivity index (χ0v) is 14.3. The number of carbonyl (C=O) groups is 2. The van der Waals surface area contributed by atoms with Gasteiger partial charge in [-0.1, -0.05) is 35.3 Å². The summed E-state index contributed by atoms with van der Waals surface area (Å²) in [7, 11) is 0. The van der Waals surface area contributed by atoms with E-state index >= 15 is 0 Å². The van der Waals surface area contributed by atoms with E-state index in [0.29, 0.717) is 5.69 Å². The van der Waals surface area contributed by atoms with Gasteiger partial charge in [0.25, 0.3) is 5.91 Å². The molecule has 1 amide bonds. The third-order valence-corrected chi connectivity index (χ3v) is 3.90. The number of rotatable bonds is 5. The molecule has 0 aliphatic carbocycles. The molecule has 0 aliphatic rings. The van der Waals surface area contributed by atoms with Gasteiger partial charge in [-0.2, -0.15) is 0 Å². The van der Waals surface area contributed by atoms with Crippen LogP contribution in [0.1, 0.15) is 10.4 Å². The van der Waals surface area contributed by atoms with Gasteiger partial charge in [0.15, 0.2) is 6.61 Å². The molecule has 8 heteroatoms. The van der Waals surface area contributed by atoms with Gasteiger partial charge in [0, 0.05) is 4.90 Å². The highest BCUT2D eigenvalue weighted by molar-refractivity contribution is 7.98. The Bertz CT molecular complexity index is 720. The highest BCUT2D eigenvalue weighted by Gasteiger charge is 2.13. The molecule has 23 heavy (non-hydrogen) atoms. The van der Waals surface area contributed by atoms with Crippen molar-refractivity contribution in [2.24, 2.45) is 0 Å². The van der Waals surface area contributed by atoms with Crippen molar-refractivity contribution in [3.8, 4) is 0 Å². The molecular formula is C15H12Cl2N2O3S. The summed E-state index contributed by atoms with van der Waals surface area (Å²) in [6.45, 7) is -0.418. The number of halogens is 2. The van der Waals surface area contributed by atoms with E-state index in [-0.39, 0.29) is 15.9 Å². The maximum absolute atomic E-state index is 11.9. The van der Waals surface area contributed by atoms with Crippen LogP contribution >= 0.6 is 35.0 Å². The van der Waals surface area contributed by atoms with E-state index in [0.717, 1.165) is 4.90 Å². The van der Waals surface area contributed by atoms with Gasteiger partial charge in [0.1, 0.15) is 10.3 Å². The maximum Gasteiger partial charge on any atom is 0.338 e. The molecule has 1 N–H and O–H groups in total. The minimum Gasteiger partial charge on any atom is -0.452 e. The van der Waals surface area contributed by atoms with E-state index in [2.05, 4.69) is 10.3 Å². The second-order valence-electron chi connectivity index (χ2n) is 4.33. The number of amides is 1. The van der Waals surface area contributed by atoms with Crippen LogP contribution in [0.2, 0.25) is 10.3 Å². The van der Waals surface area contributed by atoms with Gasteiger partial charge in [0.05, 0.1) is 11.3 Å². The van der Waals surface area contributed by atoms with Crippen LogP contribution in [0.3, 0.4) is 0 Å². The summed E-state index contributed by atoms with van der Waals surface area (Å²) in [5, 5.41) is 2.83.